The first-order chi connectivity index (χ1) is 5.43. The molecule has 2 nitrogen and oxygen atoms in total. The SMILES string of the molecule is C[Si](C)(C)c1c(O)cccc1O. The summed E-state index contributed by atoms with van der Waals surface area (Å²) < 4.78 is 0. The summed E-state index contributed by atoms with van der Waals surface area (Å²) >= 11 is 0. The van der Waals surface area contributed by atoms with E-state index in [-0.39, 0.29) is 11.5 Å². The van der Waals surface area contributed by atoms with Crippen LogP contribution in [0, 0.1) is 0 Å². The van der Waals surface area contributed by atoms with E-state index in [2.05, 4.69) is 19.6 Å². The number of rotatable bonds is 1. The molecule has 0 aliphatic rings. The van der Waals surface area contributed by atoms with Crippen LogP contribution in [0.3, 0.4) is 0 Å². The first-order valence-electron chi connectivity index (χ1n) is 3.94. The van der Waals surface area contributed by atoms with Gasteiger partial charge in [-0.05, 0) is 12.1 Å². The Balaban J connectivity index is 3.31. The third-order valence-corrected chi connectivity index (χ3v) is 3.78. The van der Waals surface area contributed by atoms with Crippen molar-refractivity contribution >= 4 is 13.3 Å². The van der Waals surface area contributed by atoms with Crippen molar-refractivity contribution in [2.45, 2.75) is 19.6 Å². The lowest BCUT2D eigenvalue weighted by molar-refractivity contribution is 0.457. The van der Waals surface area contributed by atoms with E-state index in [4.69, 9.17) is 0 Å². The minimum Gasteiger partial charge on any atom is -0.508 e. The molecule has 0 fully saturated rings. The summed E-state index contributed by atoms with van der Waals surface area (Å²) in [6.45, 7) is 6.26. The molecule has 0 bridgehead atoms. The predicted molar refractivity (Wildman–Crippen MR) is 52.8 cm³/mol. The topological polar surface area (TPSA) is 40.5 Å². The molecule has 12 heavy (non-hydrogen) atoms. The van der Waals surface area contributed by atoms with E-state index in [1.165, 1.54) is 0 Å². The molecule has 0 heterocycles. The van der Waals surface area contributed by atoms with Gasteiger partial charge in [0, 0.05) is 5.19 Å². The zero-order valence-corrected chi connectivity index (χ0v) is 8.63. The van der Waals surface area contributed by atoms with Crippen LogP contribution in [0.1, 0.15) is 0 Å². The summed E-state index contributed by atoms with van der Waals surface area (Å²) in [5.74, 6) is 0.434. The first-order valence-corrected chi connectivity index (χ1v) is 7.44. The molecule has 1 aromatic carbocycles. The zero-order chi connectivity index (χ0) is 9.35. The number of phenolic OH excluding ortho intramolecular Hbond substituents is 2. The van der Waals surface area contributed by atoms with Gasteiger partial charge in [0.15, 0.2) is 0 Å². The number of hydrogen-bond donors (Lipinski definition) is 2. The number of phenols is 2. The van der Waals surface area contributed by atoms with E-state index in [1.54, 1.807) is 18.2 Å². The lowest BCUT2D eigenvalue weighted by Gasteiger charge is -2.18. The maximum Gasteiger partial charge on any atom is 0.118 e. The normalized spacial score (nSPS) is 11.6. The first kappa shape index (κ1) is 9.13. The van der Waals surface area contributed by atoms with E-state index in [1.807, 2.05) is 0 Å². The fourth-order valence-corrected chi connectivity index (χ4v) is 3.00. The molecule has 0 aliphatic heterocycles. The van der Waals surface area contributed by atoms with Crippen LogP contribution >= 0.6 is 0 Å². The van der Waals surface area contributed by atoms with E-state index in [0.29, 0.717) is 0 Å². The molecular weight excluding hydrogens is 168 g/mol. The van der Waals surface area contributed by atoms with Gasteiger partial charge in [-0.3, -0.25) is 0 Å². The van der Waals surface area contributed by atoms with Crippen molar-refractivity contribution in [1.82, 2.24) is 0 Å². The molecule has 0 unspecified atom stereocenters. The Morgan fingerprint density at radius 2 is 1.42 bits per heavy atom. The van der Waals surface area contributed by atoms with Gasteiger partial charge >= 0.3 is 0 Å². The van der Waals surface area contributed by atoms with Crippen LogP contribution < -0.4 is 5.19 Å². The Labute approximate surface area is 73.5 Å². The third-order valence-electron chi connectivity index (χ3n) is 1.77. The summed E-state index contributed by atoms with van der Waals surface area (Å²) in [7, 11) is -1.62. The van der Waals surface area contributed by atoms with Crippen LogP contribution in [0.4, 0.5) is 0 Å². The van der Waals surface area contributed by atoms with E-state index >= 15 is 0 Å². The molecule has 0 radical (unpaired) electrons. The third kappa shape index (κ3) is 1.61. The number of hydrogen-bond acceptors (Lipinski definition) is 2. The second-order valence-corrected chi connectivity index (χ2v) is 8.92. The average molecular weight is 182 g/mol. The van der Waals surface area contributed by atoms with Gasteiger partial charge in [0.05, 0.1) is 8.07 Å². The van der Waals surface area contributed by atoms with Crippen LogP contribution in [-0.2, 0) is 0 Å². The van der Waals surface area contributed by atoms with Crippen LogP contribution in [-0.4, -0.2) is 18.3 Å². The van der Waals surface area contributed by atoms with Gasteiger partial charge in [0.2, 0.25) is 0 Å². The van der Waals surface area contributed by atoms with Crippen LogP contribution in [0.5, 0.6) is 11.5 Å². The molecule has 0 saturated heterocycles. The molecule has 0 saturated carbocycles. The molecule has 2 N–H and O–H groups in total. The molecule has 0 atom stereocenters. The maximum absolute atomic E-state index is 9.50. The minimum absolute atomic E-state index is 0.217. The molecular formula is C9H14O2Si. The Bertz CT molecular complexity index is 269. The van der Waals surface area contributed by atoms with Gasteiger partial charge in [0.1, 0.15) is 11.5 Å². The van der Waals surface area contributed by atoms with Crippen molar-refractivity contribution in [3.8, 4) is 11.5 Å². The Kier molecular flexibility index (Phi) is 2.15. The molecule has 1 rings (SSSR count). The van der Waals surface area contributed by atoms with Gasteiger partial charge in [-0.15, -0.1) is 0 Å². The van der Waals surface area contributed by atoms with Gasteiger partial charge in [-0.1, -0.05) is 25.7 Å². The standard InChI is InChI=1S/C9H14O2Si/c1-12(2,3)9-7(10)5-4-6-8(9)11/h4-6,10-11H,1-3H3. The highest BCUT2D eigenvalue weighted by atomic mass is 28.3. The smallest absolute Gasteiger partial charge is 0.118 e. The summed E-state index contributed by atoms with van der Waals surface area (Å²) in [5.41, 5.74) is 0. The highest BCUT2D eigenvalue weighted by Crippen LogP contribution is 2.19. The van der Waals surface area contributed by atoms with E-state index in [9.17, 15) is 10.2 Å². The molecule has 1 aromatic rings. The summed E-state index contributed by atoms with van der Waals surface area (Å²) in [6.07, 6.45) is 0. The lowest BCUT2D eigenvalue weighted by atomic mass is 10.3. The molecule has 3 heteroatoms. The molecule has 0 aromatic heterocycles. The second-order valence-electron chi connectivity index (χ2n) is 3.92. The lowest BCUT2D eigenvalue weighted by Crippen LogP contribution is -2.37. The summed E-state index contributed by atoms with van der Waals surface area (Å²) in [4.78, 5) is 0. The van der Waals surface area contributed by atoms with Crippen molar-refractivity contribution in [3.63, 3.8) is 0 Å². The molecule has 0 amide bonds. The zero-order valence-electron chi connectivity index (χ0n) is 7.63. The number of aromatic hydroxyl groups is 2. The largest absolute Gasteiger partial charge is 0.508 e. The van der Waals surface area contributed by atoms with Gasteiger partial charge in [0.25, 0.3) is 0 Å². The van der Waals surface area contributed by atoms with E-state index in [0.717, 1.165) is 5.19 Å². The maximum atomic E-state index is 9.50. The Hall–Kier alpha value is -0.963. The van der Waals surface area contributed by atoms with Crippen molar-refractivity contribution in [3.05, 3.63) is 18.2 Å². The van der Waals surface area contributed by atoms with Crippen LogP contribution in [0.2, 0.25) is 19.6 Å². The Morgan fingerprint density at radius 1 is 1.00 bits per heavy atom. The molecule has 0 aliphatic carbocycles. The van der Waals surface area contributed by atoms with E-state index < -0.39 is 8.07 Å². The average Bonchev–Trinajstić information content (AvgIpc) is 1.82. The van der Waals surface area contributed by atoms with Crippen molar-refractivity contribution in [1.29, 1.82) is 0 Å². The second kappa shape index (κ2) is 2.82. The highest BCUT2D eigenvalue weighted by Gasteiger charge is 2.23. The van der Waals surface area contributed by atoms with Crippen LogP contribution in [0.15, 0.2) is 18.2 Å². The molecule has 66 valence electrons. The van der Waals surface area contributed by atoms with Gasteiger partial charge in [-0.2, -0.15) is 0 Å². The van der Waals surface area contributed by atoms with Crippen molar-refractivity contribution in [2.75, 3.05) is 0 Å². The predicted octanol–water partition coefficient (Wildman–Crippen LogP) is 1.64. The van der Waals surface area contributed by atoms with Crippen molar-refractivity contribution in [2.24, 2.45) is 0 Å². The van der Waals surface area contributed by atoms with Gasteiger partial charge in [-0.25, -0.2) is 0 Å². The monoisotopic (exact) mass is 182 g/mol. The Morgan fingerprint density at radius 3 is 1.67 bits per heavy atom. The summed E-state index contributed by atoms with van der Waals surface area (Å²) in [6, 6.07) is 4.88. The highest BCUT2D eigenvalue weighted by molar-refractivity contribution is 6.90. The van der Waals surface area contributed by atoms with Gasteiger partial charge < -0.3 is 10.2 Å². The summed E-state index contributed by atoms with van der Waals surface area (Å²) in [5, 5.41) is 19.7. The minimum atomic E-state index is -1.62. The van der Waals surface area contributed by atoms with Crippen molar-refractivity contribution < 1.29 is 10.2 Å². The fraction of sp³-hybridized carbons (Fsp3) is 0.333. The molecule has 0 spiro atoms. The fourth-order valence-electron chi connectivity index (χ4n) is 1.30. The number of benzene rings is 1. The van der Waals surface area contributed by atoms with Crippen LogP contribution in [0.25, 0.3) is 0 Å². The quantitative estimate of drug-likeness (QED) is 0.648.